The average Bonchev–Trinajstić information content (AvgIpc) is 2.56. The molecule has 1 aromatic rings. The number of hydrogen-bond donors (Lipinski definition) is 3. The van der Waals surface area contributed by atoms with Crippen molar-refractivity contribution in [2.24, 2.45) is 0 Å². The number of hydrogen-bond acceptors (Lipinski definition) is 4. The molecule has 4 heteroatoms. The van der Waals surface area contributed by atoms with E-state index >= 15 is 0 Å². The number of rotatable bonds is 2. The summed E-state index contributed by atoms with van der Waals surface area (Å²) in [5, 5.41) is 28.7. The van der Waals surface area contributed by atoms with E-state index in [1.807, 2.05) is 30.3 Å². The molecule has 0 aromatic heterocycles. The SMILES string of the molecule is C[C@]1(c2ccccc2)O[C@H](CO)[C@H](O)C1O. The fraction of sp³-hybridized carbons (Fsp3) is 0.500. The summed E-state index contributed by atoms with van der Waals surface area (Å²) in [6.07, 6.45) is -2.83. The minimum atomic E-state index is -1.06. The molecular formula is C12H16O4. The van der Waals surface area contributed by atoms with Crippen LogP contribution in [0.15, 0.2) is 30.3 Å². The molecule has 0 bridgehead atoms. The molecule has 0 spiro atoms. The summed E-state index contributed by atoms with van der Waals surface area (Å²) >= 11 is 0. The fourth-order valence-electron chi connectivity index (χ4n) is 2.14. The zero-order valence-electron chi connectivity index (χ0n) is 9.08. The molecule has 0 amide bonds. The van der Waals surface area contributed by atoms with Gasteiger partial charge in [0.05, 0.1) is 6.61 Å². The van der Waals surface area contributed by atoms with Gasteiger partial charge in [0, 0.05) is 0 Å². The molecule has 1 saturated heterocycles. The molecule has 0 radical (unpaired) electrons. The molecule has 1 aliphatic rings. The molecular weight excluding hydrogens is 208 g/mol. The second kappa shape index (κ2) is 4.14. The Balaban J connectivity index is 2.33. The molecule has 2 rings (SSSR count). The lowest BCUT2D eigenvalue weighted by molar-refractivity contribution is -0.0857. The van der Waals surface area contributed by atoms with Crippen molar-refractivity contribution in [3.05, 3.63) is 35.9 Å². The smallest absolute Gasteiger partial charge is 0.119 e. The summed E-state index contributed by atoms with van der Waals surface area (Å²) in [5.74, 6) is 0. The molecule has 1 aliphatic heterocycles. The van der Waals surface area contributed by atoms with Gasteiger partial charge in [-0.1, -0.05) is 30.3 Å². The van der Waals surface area contributed by atoms with Gasteiger partial charge in [0.1, 0.15) is 23.9 Å². The first-order chi connectivity index (χ1) is 7.59. The van der Waals surface area contributed by atoms with Crippen molar-refractivity contribution in [1.82, 2.24) is 0 Å². The van der Waals surface area contributed by atoms with Crippen molar-refractivity contribution in [3.8, 4) is 0 Å². The highest BCUT2D eigenvalue weighted by Gasteiger charge is 2.51. The standard InChI is InChI=1S/C12H16O4/c1-12(8-5-3-2-4-6-8)11(15)10(14)9(7-13)16-12/h2-6,9-11,13-15H,7H2,1H3/t9-,10+,11?,12-/m1/s1. The lowest BCUT2D eigenvalue weighted by Gasteiger charge is -2.28. The third-order valence-corrected chi connectivity index (χ3v) is 3.19. The summed E-state index contributed by atoms with van der Waals surface area (Å²) in [6.45, 7) is 1.41. The third kappa shape index (κ3) is 1.64. The predicted octanol–water partition coefficient (Wildman–Crippen LogP) is 0.0147. The maximum Gasteiger partial charge on any atom is 0.119 e. The fourth-order valence-corrected chi connectivity index (χ4v) is 2.14. The van der Waals surface area contributed by atoms with Crippen LogP contribution in [0.25, 0.3) is 0 Å². The molecule has 1 aromatic carbocycles. The second-order valence-corrected chi connectivity index (χ2v) is 4.25. The van der Waals surface area contributed by atoms with Gasteiger partial charge in [0.25, 0.3) is 0 Å². The summed E-state index contributed by atoms with van der Waals surface area (Å²) in [6, 6.07) is 9.21. The topological polar surface area (TPSA) is 69.9 Å². The van der Waals surface area contributed by atoms with E-state index in [-0.39, 0.29) is 6.61 Å². The van der Waals surface area contributed by atoms with Crippen molar-refractivity contribution < 1.29 is 20.1 Å². The van der Waals surface area contributed by atoms with E-state index < -0.39 is 23.9 Å². The second-order valence-electron chi connectivity index (χ2n) is 4.25. The monoisotopic (exact) mass is 224 g/mol. The Labute approximate surface area is 94.1 Å². The highest BCUT2D eigenvalue weighted by molar-refractivity contribution is 5.25. The normalized spacial score (nSPS) is 38.9. The Morgan fingerprint density at radius 1 is 1.25 bits per heavy atom. The highest BCUT2D eigenvalue weighted by atomic mass is 16.6. The number of aliphatic hydroxyl groups is 3. The predicted molar refractivity (Wildman–Crippen MR) is 57.8 cm³/mol. The van der Waals surface area contributed by atoms with E-state index in [1.165, 1.54) is 0 Å². The number of aliphatic hydroxyl groups excluding tert-OH is 3. The Bertz CT molecular complexity index is 353. The van der Waals surface area contributed by atoms with Gasteiger partial charge in [0.2, 0.25) is 0 Å². The van der Waals surface area contributed by atoms with E-state index in [1.54, 1.807) is 6.92 Å². The molecule has 0 aliphatic carbocycles. The molecule has 16 heavy (non-hydrogen) atoms. The summed E-state index contributed by atoms with van der Waals surface area (Å²) < 4.78 is 5.56. The first-order valence-electron chi connectivity index (χ1n) is 5.30. The Morgan fingerprint density at radius 2 is 1.88 bits per heavy atom. The van der Waals surface area contributed by atoms with Crippen LogP contribution in [-0.4, -0.2) is 40.2 Å². The summed E-state index contributed by atoms with van der Waals surface area (Å²) in [5.41, 5.74) is -0.175. The minimum absolute atomic E-state index is 0.305. The van der Waals surface area contributed by atoms with Gasteiger partial charge in [-0.2, -0.15) is 0 Å². The van der Waals surface area contributed by atoms with Crippen molar-refractivity contribution in [2.75, 3.05) is 6.61 Å². The lowest BCUT2D eigenvalue weighted by atomic mass is 9.89. The van der Waals surface area contributed by atoms with E-state index in [0.29, 0.717) is 0 Å². The van der Waals surface area contributed by atoms with Crippen LogP contribution >= 0.6 is 0 Å². The van der Waals surface area contributed by atoms with Crippen molar-refractivity contribution >= 4 is 0 Å². The van der Waals surface area contributed by atoms with E-state index in [9.17, 15) is 10.2 Å². The molecule has 88 valence electrons. The van der Waals surface area contributed by atoms with E-state index in [4.69, 9.17) is 9.84 Å². The van der Waals surface area contributed by atoms with Gasteiger partial charge in [-0.15, -0.1) is 0 Å². The third-order valence-electron chi connectivity index (χ3n) is 3.19. The van der Waals surface area contributed by atoms with E-state index in [0.717, 1.165) is 5.56 Å². The molecule has 1 fully saturated rings. The van der Waals surface area contributed by atoms with Crippen LogP contribution in [0.5, 0.6) is 0 Å². The Hall–Kier alpha value is -0.940. The largest absolute Gasteiger partial charge is 0.394 e. The zero-order valence-corrected chi connectivity index (χ0v) is 9.08. The molecule has 3 N–H and O–H groups in total. The lowest BCUT2D eigenvalue weighted by Crippen LogP contribution is -2.38. The minimum Gasteiger partial charge on any atom is -0.394 e. The Kier molecular flexibility index (Phi) is 2.99. The van der Waals surface area contributed by atoms with Crippen LogP contribution in [-0.2, 0) is 10.3 Å². The van der Waals surface area contributed by atoms with Crippen molar-refractivity contribution in [3.63, 3.8) is 0 Å². The van der Waals surface area contributed by atoms with Gasteiger partial charge < -0.3 is 20.1 Å². The molecule has 1 heterocycles. The van der Waals surface area contributed by atoms with Gasteiger partial charge >= 0.3 is 0 Å². The molecule has 1 unspecified atom stereocenters. The first-order valence-corrected chi connectivity index (χ1v) is 5.30. The van der Waals surface area contributed by atoms with Crippen LogP contribution in [0.4, 0.5) is 0 Å². The van der Waals surface area contributed by atoms with Crippen LogP contribution in [0, 0.1) is 0 Å². The summed E-state index contributed by atoms with van der Waals surface area (Å²) in [4.78, 5) is 0. The van der Waals surface area contributed by atoms with Crippen molar-refractivity contribution in [2.45, 2.75) is 30.8 Å². The highest BCUT2D eigenvalue weighted by Crippen LogP contribution is 2.39. The molecule has 0 saturated carbocycles. The van der Waals surface area contributed by atoms with Crippen LogP contribution < -0.4 is 0 Å². The maximum absolute atomic E-state index is 9.99. The number of benzene rings is 1. The van der Waals surface area contributed by atoms with Gasteiger partial charge in [-0.25, -0.2) is 0 Å². The molecule has 4 atom stereocenters. The first kappa shape index (κ1) is 11.5. The van der Waals surface area contributed by atoms with Crippen molar-refractivity contribution in [1.29, 1.82) is 0 Å². The van der Waals surface area contributed by atoms with Gasteiger partial charge in [-0.05, 0) is 12.5 Å². The summed E-state index contributed by atoms with van der Waals surface area (Å²) in [7, 11) is 0. The zero-order chi connectivity index (χ0) is 11.8. The Morgan fingerprint density at radius 3 is 2.38 bits per heavy atom. The maximum atomic E-state index is 9.99. The number of ether oxygens (including phenoxy) is 1. The van der Waals surface area contributed by atoms with Crippen LogP contribution in [0.1, 0.15) is 12.5 Å². The quantitative estimate of drug-likeness (QED) is 0.662. The van der Waals surface area contributed by atoms with Gasteiger partial charge in [0.15, 0.2) is 0 Å². The van der Waals surface area contributed by atoms with Gasteiger partial charge in [-0.3, -0.25) is 0 Å². The van der Waals surface area contributed by atoms with Crippen LogP contribution in [0.2, 0.25) is 0 Å². The average molecular weight is 224 g/mol. The molecule has 4 nitrogen and oxygen atoms in total. The van der Waals surface area contributed by atoms with Crippen LogP contribution in [0.3, 0.4) is 0 Å². The van der Waals surface area contributed by atoms with E-state index in [2.05, 4.69) is 0 Å².